The molecule has 164 valence electrons. The van der Waals surface area contributed by atoms with Gasteiger partial charge in [-0.15, -0.1) is 0 Å². The van der Waals surface area contributed by atoms with Crippen LogP contribution in [0, 0.1) is 0 Å². The molecule has 0 atom stereocenters. The quantitative estimate of drug-likeness (QED) is 0.365. The Hall–Kier alpha value is -2.45. The van der Waals surface area contributed by atoms with Gasteiger partial charge in [-0.2, -0.15) is 5.10 Å². The molecule has 0 amide bonds. The third-order valence-corrected chi connectivity index (χ3v) is 5.14. The number of hydrogen-bond donors (Lipinski definition) is 1. The number of aromatic nitrogens is 3. The molecular weight excluding hydrogens is 380 g/mol. The first kappa shape index (κ1) is 22.2. The van der Waals surface area contributed by atoms with Gasteiger partial charge in [0, 0.05) is 40.0 Å². The van der Waals surface area contributed by atoms with Crippen LogP contribution in [0.3, 0.4) is 0 Å². The Balaban J connectivity index is 1.52. The van der Waals surface area contributed by atoms with Gasteiger partial charge in [0.1, 0.15) is 12.7 Å². The molecule has 1 aliphatic rings. The van der Waals surface area contributed by atoms with Gasteiger partial charge in [0.25, 0.3) is 0 Å². The summed E-state index contributed by atoms with van der Waals surface area (Å²) < 4.78 is 12.9. The minimum absolute atomic E-state index is 0.342. The Morgan fingerprint density at radius 2 is 2.07 bits per heavy atom. The second-order valence-electron chi connectivity index (χ2n) is 7.49. The molecule has 0 bridgehead atoms. The van der Waals surface area contributed by atoms with Gasteiger partial charge < -0.3 is 19.7 Å². The minimum atomic E-state index is 0.342. The lowest BCUT2D eigenvalue weighted by molar-refractivity contribution is 0.00990. The van der Waals surface area contributed by atoms with E-state index in [1.165, 1.54) is 11.1 Å². The molecule has 8 nitrogen and oxygen atoms in total. The number of methoxy groups -OCH3 is 1. The summed E-state index contributed by atoms with van der Waals surface area (Å²) in [4.78, 5) is 11.2. The fourth-order valence-corrected chi connectivity index (χ4v) is 3.61. The Morgan fingerprint density at radius 1 is 1.23 bits per heavy atom. The van der Waals surface area contributed by atoms with E-state index in [-0.39, 0.29) is 0 Å². The monoisotopic (exact) mass is 414 g/mol. The molecule has 0 radical (unpaired) electrons. The van der Waals surface area contributed by atoms with Crippen LogP contribution in [0.2, 0.25) is 0 Å². The number of benzene rings is 1. The predicted molar refractivity (Wildman–Crippen MR) is 117 cm³/mol. The summed E-state index contributed by atoms with van der Waals surface area (Å²) in [5, 5.41) is 7.62. The third-order valence-electron chi connectivity index (χ3n) is 5.14. The summed E-state index contributed by atoms with van der Waals surface area (Å²) in [5.74, 6) is 0.983. The van der Waals surface area contributed by atoms with Gasteiger partial charge in [0.2, 0.25) is 0 Å². The van der Waals surface area contributed by atoms with E-state index in [1.54, 1.807) is 19.8 Å². The van der Waals surface area contributed by atoms with Crippen LogP contribution >= 0.6 is 0 Å². The molecule has 0 saturated carbocycles. The number of hydrogen-bond acceptors (Lipinski definition) is 5. The van der Waals surface area contributed by atoms with Crippen LogP contribution in [0.5, 0.6) is 0 Å². The molecule has 2 heterocycles. The maximum atomic E-state index is 5.98. The first-order valence-corrected chi connectivity index (χ1v) is 10.8. The van der Waals surface area contributed by atoms with E-state index in [9.17, 15) is 0 Å². The second-order valence-corrected chi connectivity index (χ2v) is 7.49. The van der Waals surface area contributed by atoms with Crippen molar-refractivity contribution in [1.29, 1.82) is 0 Å². The molecule has 1 aromatic carbocycles. The van der Waals surface area contributed by atoms with E-state index in [1.807, 2.05) is 4.68 Å². The summed E-state index contributed by atoms with van der Waals surface area (Å²) >= 11 is 0. The maximum absolute atomic E-state index is 5.98. The maximum Gasteiger partial charge on any atom is 0.194 e. The first-order chi connectivity index (χ1) is 14.8. The smallest absolute Gasteiger partial charge is 0.194 e. The zero-order valence-electron chi connectivity index (χ0n) is 18.2. The van der Waals surface area contributed by atoms with Crippen molar-refractivity contribution in [2.24, 2.45) is 4.99 Å². The van der Waals surface area contributed by atoms with Crippen molar-refractivity contribution in [3.8, 4) is 0 Å². The summed E-state index contributed by atoms with van der Waals surface area (Å²) in [6.45, 7) is 7.81. The normalized spacial score (nSPS) is 15.5. The Kier molecular flexibility index (Phi) is 9.11. The van der Waals surface area contributed by atoms with E-state index in [0.717, 1.165) is 64.6 Å². The number of ether oxygens (including phenoxy) is 2. The Bertz CT molecular complexity index is 757. The third kappa shape index (κ3) is 7.11. The van der Waals surface area contributed by atoms with Crippen LogP contribution in [0.1, 0.15) is 37.3 Å². The van der Waals surface area contributed by atoms with E-state index < -0.39 is 0 Å². The Labute approximate surface area is 179 Å². The van der Waals surface area contributed by atoms with Gasteiger partial charge >= 0.3 is 0 Å². The van der Waals surface area contributed by atoms with Crippen LogP contribution < -0.4 is 5.32 Å². The van der Waals surface area contributed by atoms with Crippen molar-refractivity contribution in [2.45, 2.75) is 45.4 Å². The standard InChI is InChI=1S/C22H34N6O2/c1-3-24-22(27-10-8-21(9-11-27)30-13-5-12-29-2)25-15-19-6-4-7-20(14-19)16-28-18-23-17-26-28/h4,6-7,14,17-18,21H,3,5,8-13,15-16H2,1-2H3,(H,24,25). The lowest BCUT2D eigenvalue weighted by Gasteiger charge is -2.34. The number of likely N-dealkylation sites (tertiary alicyclic amines) is 1. The molecule has 0 aliphatic carbocycles. The van der Waals surface area contributed by atoms with Gasteiger partial charge in [0.05, 0.1) is 19.2 Å². The average molecular weight is 415 g/mol. The molecule has 2 aromatic rings. The Morgan fingerprint density at radius 3 is 2.80 bits per heavy atom. The fraction of sp³-hybridized carbons (Fsp3) is 0.591. The van der Waals surface area contributed by atoms with Gasteiger partial charge in [-0.1, -0.05) is 24.3 Å². The first-order valence-electron chi connectivity index (χ1n) is 10.8. The minimum Gasteiger partial charge on any atom is -0.385 e. The van der Waals surface area contributed by atoms with Gasteiger partial charge in [-0.3, -0.25) is 0 Å². The van der Waals surface area contributed by atoms with Crippen LogP contribution in [-0.2, 0) is 22.6 Å². The number of rotatable bonds is 10. The molecule has 0 spiro atoms. The number of nitrogens with zero attached hydrogens (tertiary/aromatic N) is 5. The van der Waals surface area contributed by atoms with Crippen molar-refractivity contribution in [3.63, 3.8) is 0 Å². The van der Waals surface area contributed by atoms with Crippen molar-refractivity contribution >= 4 is 5.96 Å². The van der Waals surface area contributed by atoms with Crippen LogP contribution in [-0.4, -0.2) is 71.7 Å². The summed E-state index contributed by atoms with van der Waals surface area (Å²) in [5.41, 5.74) is 2.39. The van der Waals surface area contributed by atoms with Gasteiger partial charge in [-0.05, 0) is 37.3 Å². The van der Waals surface area contributed by atoms with Crippen molar-refractivity contribution in [3.05, 3.63) is 48.0 Å². The van der Waals surface area contributed by atoms with Crippen LogP contribution in [0.15, 0.2) is 41.9 Å². The van der Waals surface area contributed by atoms with E-state index in [2.05, 4.69) is 51.5 Å². The number of nitrogens with one attached hydrogen (secondary N) is 1. The predicted octanol–water partition coefficient (Wildman–Crippen LogP) is 2.31. The molecule has 1 N–H and O–H groups in total. The SMILES string of the molecule is CCNC(=NCc1cccc(Cn2cncn2)c1)N1CCC(OCCCOC)CC1. The summed E-state index contributed by atoms with van der Waals surface area (Å²) in [6, 6.07) is 8.50. The van der Waals surface area contributed by atoms with Crippen molar-refractivity contribution in [2.75, 3.05) is 40.0 Å². The highest BCUT2D eigenvalue weighted by Crippen LogP contribution is 2.15. The number of guanidine groups is 1. The lowest BCUT2D eigenvalue weighted by Crippen LogP contribution is -2.47. The summed E-state index contributed by atoms with van der Waals surface area (Å²) in [7, 11) is 1.73. The van der Waals surface area contributed by atoms with E-state index >= 15 is 0 Å². The molecule has 1 saturated heterocycles. The molecular formula is C22H34N6O2. The molecule has 1 aliphatic heterocycles. The number of piperidine rings is 1. The van der Waals surface area contributed by atoms with Crippen LogP contribution in [0.25, 0.3) is 0 Å². The fourth-order valence-electron chi connectivity index (χ4n) is 3.61. The van der Waals surface area contributed by atoms with E-state index in [4.69, 9.17) is 14.5 Å². The summed E-state index contributed by atoms with van der Waals surface area (Å²) in [6.07, 6.45) is 6.66. The highest BCUT2D eigenvalue weighted by atomic mass is 16.5. The van der Waals surface area contributed by atoms with Crippen LogP contribution in [0.4, 0.5) is 0 Å². The second kappa shape index (κ2) is 12.3. The highest BCUT2D eigenvalue weighted by molar-refractivity contribution is 5.80. The average Bonchev–Trinajstić information content (AvgIpc) is 3.28. The molecule has 3 rings (SSSR count). The van der Waals surface area contributed by atoms with Gasteiger partial charge in [-0.25, -0.2) is 14.7 Å². The highest BCUT2D eigenvalue weighted by Gasteiger charge is 2.21. The molecule has 1 aromatic heterocycles. The van der Waals surface area contributed by atoms with Gasteiger partial charge in [0.15, 0.2) is 5.96 Å². The molecule has 30 heavy (non-hydrogen) atoms. The zero-order chi connectivity index (χ0) is 21.0. The van der Waals surface area contributed by atoms with Crippen molar-refractivity contribution in [1.82, 2.24) is 25.0 Å². The largest absolute Gasteiger partial charge is 0.385 e. The van der Waals surface area contributed by atoms with Crippen molar-refractivity contribution < 1.29 is 9.47 Å². The molecule has 1 fully saturated rings. The topological polar surface area (TPSA) is 76.8 Å². The lowest BCUT2D eigenvalue weighted by atomic mass is 10.1. The zero-order valence-corrected chi connectivity index (χ0v) is 18.2. The molecule has 8 heteroatoms. The molecule has 0 unspecified atom stereocenters. The number of aliphatic imine (C=N–C) groups is 1. The van der Waals surface area contributed by atoms with E-state index in [0.29, 0.717) is 12.6 Å².